The molecule has 13 heavy (non-hydrogen) atoms. The van der Waals surface area contributed by atoms with E-state index in [1.165, 1.54) is 5.56 Å². The van der Waals surface area contributed by atoms with E-state index in [2.05, 4.69) is 36.5 Å². The zero-order chi connectivity index (χ0) is 9.52. The van der Waals surface area contributed by atoms with Crippen molar-refractivity contribution in [3.63, 3.8) is 0 Å². The van der Waals surface area contributed by atoms with Crippen molar-refractivity contribution in [3.05, 3.63) is 35.9 Å². The highest BCUT2D eigenvalue weighted by atomic mass is 35.5. The maximum absolute atomic E-state index is 5.64. The van der Waals surface area contributed by atoms with E-state index in [4.69, 9.17) is 11.6 Å². The summed E-state index contributed by atoms with van der Waals surface area (Å²) in [7, 11) is 0. The molecule has 1 unspecified atom stereocenters. The largest absolute Gasteiger partial charge is 0.310 e. The van der Waals surface area contributed by atoms with Gasteiger partial charge in [-0.25, -0.2) is 0 Å². The Balaban J connectivity index is 2.27. The zero-order valence-corrected chi connectivity index (χ0v) is 8.72. The van der Waals surface area contributed by atoms with E-state index in [1.807, 2.05) is 6.07 Å². The number of rotatable bonds is 5. The van der Waals surface area contributed by atoms with Crippen LogP contribution in [0.25, 0.3) is 0 Å². The molecule has 0 aromatic heterocycles. The third-order valence-electron chi connectivity index (χ3n) is 2.04. The van der Waals surface area contributed by atoms with Crippen LogP contribution in [0.2, 0.25) is 0 Å². The third-order valence-corrected chi connectivity index (χ3v) is 2.26. The summed E-state index contributed by atoms with van der Waals surface area (Å²) in [6, 6.07) is 10.9. The van der Waals surface area contributed by atoms with Gasteiger partial charge in [0.15, 0.2) is 0 Å². The molecule has 2 heteroatoms. The van der Waals surface area contributed by atoms with Crippen molar-refractivity contribution >= 4 is 11.6 Å². The minimum atomic E-state index is 0.498. The van der Waals surface area contributed by atoms with Crippen molar-refractivity contribution in [3.8, 4) is 0 Å². The molecule has 1 aromatic rings. The fourth-order valence-corrected chi connectivity index (χ4v) is 1.48. The number of hydrogen-bond donors (Lipinski definition) is 1. The fourth-order valence-electron chi connectivity index (χ4n) is 1.15. The minimum absolute atomic E-state index is 0.498. The van der Waals surface area contributed by atoms with Crippen molar-refractivity contribution < 1.29 is 0 Å². The van der Waals surface area contributed by atoms with Gasteiger partial charge in [-0.1, -0.05) is 30.3 Å². The normalized spacial score (nSPS) is 12.8. The van der Waals surface area contributed by atoms with E-state index in [9.17, 15) is 0 Å². The fraction of sp³-hybridized carbons (Fsp3) is 0.455. The molecule has 0 amide bonds. The molecule has 0 spiro atoms. The summed E-state index contributed by atoms with van der Waals surface area (Å²) < 4.78 is 0. The van der Waals surface area contributed by atoms with Crippen LogP contribution in [0.1, 0.15) is 18.9 Å². The second-order valence-corrected chi connectivity index (χ2v) is 3.62. The van der Waals surface area contributed by atoms with Crippen LogP contribution in [-0.4, -0.2) is 11.9 Å². The van der Waals surface area contributed by atoms with Gasteiger partial charge in [0.1, 0.15) is 0 Å². The molecule has 0 saturated carbocycles. The molecule has 0 aliphatic carbocycles. The molecule has 1 atom stereocenters. The van der Waals surface area contributed by atoms with E-state index in [0.29, 0.717) is 6.04 Å². The standard InChI is InChI=1S/C11H16ClN/c1-10(7-8-12)13-9-11-5-3-2-4-6-11/h2-6,10,13H,7-9H2,1H3. The van der Waals surface area contributed by atoms with Crippen LogP contribution in [-0.2, 0) is 6.54 Å². The maximum Gasteiger partial charge on any atom is 0.0238 e. The molecule has 1 N–H and O–H groups in total. The second kappa shape index (κ2) is 6.01. The lowest BCUT2D eigenvalue weighted by molar-refractivity contribution is 0.536. The molecule has 72 valence electrons. The average molecular weight is 198 g/mol. The molecule has 1 rings (SSSR count). The van der Waals surface area contributed by atoms with Crippen molar-refractivity contribution in [1.29, 1.82) is 0 Å². The van der Waals surface area contributed by atoms with Crippen LogP contribution >= 0.6 is 11.6 Å². The summed E-state index contributed by atoms with van der Waals surface area (Å²) in [5.41, 5.74) is 1.32. The Morgan fingerprint density at radius 1 is 1.31 bits per heavy atom. The smallest absolute Gasteiger partial charge is 0.0238 e. The summed E-state index contributed by atoms with van der Waals surface area (Å²) in [6.45, 7) is 3.09. The van der Waals surface area contributed by atoms with E-state index in [-0.39, 0.29) is 0 Å². The van der Waals surface area contributed by atoms with Gasteiger partial charge in [0.2, 0.25) is 0 Å². The summed E-state index contributed by atoms with van der Waals surface area (Å²) in [6.07, 6.45) is 1.02. The molecule has 0 radical (unpaired) electrons. The first-order chi connectivity index (χ1) is 6.33. The molecule has 0 fully saturated rings. The Morgan fingerprint density at radius 2 is 2.00 bits per heavy atom. The van der Waals surface area contributed by atoms with Crippen molar-refractivity contribution in [2.75, 3.05) is 5.88 Å². The van der Waals surface area contributed by atoms with Gasteiger partial charge in [0, 0.05) is 18.5 Å². The van der Waals surface area contributed by atoms with Crippen molar-refractivity contribution in [1.82, 2.24) is 5.32 Å². The summed E-state index contributed by atoms with van der Waals surface area (Å²) in [4.78, 5) is 0. The number of nitrogens with one attached hydrogen (secondary N) is 1. The molecular formula is C11H16ClN. The second-order valence-electron chi connectivity index (χ2n) is 3.25. The Kier molecular flexibility index (Phi) is 4.87. The first-order valence-electron chi connectivity index (χ1n) is 4.66. The lowest BCUT2D eigenvalue weighted by atomic mass is 10.2. The van der Waals surface area contributed by atoms with Gasteiger partial charge < -0.3 is 5.32 Å². The van der Waals surface area contributed by atoms with Crippen molar-refractivity contribution in [2.24, 2.45) is 0 Å². The first-order valence-corrected chi connectivity index (χ1v) is 5.19. The number of benzene rings is 1. The maximum atomic E-state index is 5.64. The van der Waals surface area contributed by atoms with Gasteiger partial charge in [-0.2, -0.15) is 0 Å². The van der Waals surface area contributed by atoms with Gasteiger partial charge in [0.25, 0.3) is 0 Å². The predicted molar refractivity (Wildman–Crippen MR) is 58.1 cm³/mol. The number of halogens is 1. The Labute approximate surface area is 85.1 Å². The highest BCUT2D eigenvalue weighted by molar-refractivity contribution is 6.17. The minimum Gasteiger partial charge on any atom is -0.310 e. The topological polar surface area (TPSA) is 12.0 Å². The average Bonchev–Trinajstić information content (AvgIpc) is 2.17. The van der Waals surface area contributed by atoms with Gasteiger partial charge in [-0.3, -0.25) is 0 Å². The molecule has 0 saturated heterocycles. The summed E-state index contributed by atoms with van der Waals surface area (Å²) in [5.74, 6) is 0.725. The first kappa shape index (κ1) is 10.6. The third kappa shape index (κ3) is 4.30. The Hall–Kier alpha value is -0.530. The zero-order valence-electron chi connectivity index (χ0n) is 7.96. The molecule has 0 bridgehead atoms. The Bertz CT molecular complexity index is 223. The highest BCUT2D eigenvalue weighted by Crippen LogP contribution is 1.99. The molecule has 0 heterocycles. The van der Waals surface area contributed by atoms with Crippen LogP contribution in [0, 0.1) is 0 Å². The van der Waals surface area contributed by atoms with E-state index < -0.39 is 0 Å². The molecule has 0 aliphatic rings. The van der Waals surface area contributed by atoms with E-state index in [0.717, 1.165) is 18.8 Å². The SMILES string of the molecule is CC(CCCl)NCc1ccccc1. The van der Waals surface area contributed by atoms with Gasteiger partial charge >= 0.3 is 0 Å². The monoisotopic (exact) mass is 197 g/mol. The summed E-state index contributed by atoms with van der Waals surface area (Å²) in [5, 5.41) is 3.42. The van der Waals surface area contributed by atoms with E-state index in [1.54, 1.807) is 0 Å². The molecule has 1 aromatic carbocycles. The van der Waals surface area contributed by atoms with Crippen molar-refractivity contribution in [2.45, 2.75) is 25.9 Å². The predicted octanol–water partition coefficient (Wildman–Crippen LogP) is 2.79. The van der Waals surface area contributed by atoms with Gasteiger partial charge in [-0.15, -0.1) is 11.6 Å². The van der Waals surface area contributed by atoms with Crippen LogP contribution in [0.15, 0.2) is 30.3 Å². The lowest BCUT2D eigenvalue weighted by Gasteiger charge is -2.11. The van der Waals surface area contributed by atoms with E-state index >= 15 is 0 Å². The quantitative estimate of drug-likeness (QED) is 0.716. The van der Waals surface area contributed by atoms with Gasteiger partial charge in [0.05, 0.1) is 0 Å². The molecular weight excluding hydrogens is 182 g/mol. The van der Waals surface area contributed by atoms with Crippen LogP contribution in [0.3, 0.4) is 0 Å². The summed E-state index contributed by atoms with van der Waals surface area (Å²) >= 11 is 5.64. The lowest BCUT2D eigenvalue weighted by Crippen LogP contribution is -2.25. The highest BCUT2D eigenvalue weighted by Gasteiger charge is 1.99. The Morgan fingerprint density at radius 3 is 2.62 bits per heavy atom. The number of alkyl halides is 1. The van der Waals surface area contributed by atoms with Crippen LogP contribution in [0.5, 0.6) is 0 Å². The van der Waals surface area contributed by atoms with Crippen LogP contribution < -0.4 is 5.32 Å². The molecule has 1 nitrogen and oxygen atoms in total. The number of hydrogen-bond acceptors (Lipinski definition) is 1. The van der Waals surface area contributed by atoms with Crippen LogP contribution in [0.4, 0.5) is 0 Å². The van der Waals surface area contributed by atoms with Gasteiger partial charge in [-0.05, 0) is 18.9 Å². The molecule has 0 aliphatic heterocycles.